The molecular weight excluding hydrogens is 203 g/mol. The number of halogens is 1. The number of rotatable bonds is 3. The molecule has 1 rings (SSSR count). The smallest absolute Gasteiger partial charge is 0.114 e. The lowest BCUT2D eigenvalue weighted by atomic mass is 10.2. The second kappa shape index (κ2) is 5.08. The fraction of sp³-hybridized carbons (Fsp3) is 0.231. The molecule has 0 radical (unpaired) electrons. The Morgan fingerprint density at radius 1 is 1.13 bits per heavy atom. The van der Waals surface area contributed by atoms with Crippen molar-refractivity contribution < 1.29 is 4.39 Å². The molecule has 0 atom stereocenters. The minimum Gasteiger partial charge on any atom is -0.217 e. The highest BCUT2D eigenvalue weighted by Crippen LogP contribution is 2.15. The quantitative estimate of drug-likeness (QED) is 0.522. The molecule has 0 fully saturated rings. The second-order valence-corrected chi connectivity index (χ2v) is 9.51. The van der Waals surface area contributed by atoms with Crippen molar-refractivity contribution in [3.8, 4) is 0 Å². The van der Waals surface area contributed by atoms with E-state index in [0.29, 0.717) is 0 Å². The fourth-order valence-electron chi connectivity index (χ4n) is 1.06. The van der Waals surface area contributed by atoms with Crippen LogP contribution in [0.4, 0.5) is 4.39 Å². The summed E-state index contributed by atoms with van der Waals surface area (Å²) >= 11 is 0. The lowest BCUT2D eigenvalue weighted by Gasteiger charge is -2.11. The van der Waals surface area contributed by atoms with Crippen LogP contribution in [0, 0.1) is 0 Å². The summed E-state index contributed by atoms with van der Waals surface area (Å²) in [6.07, 6.45) is 5.28. The zero-order chi connectivity index (χ0) is 11.3. The molecule has 1 aromatic rings. The minimum atomic E-state index is -1.76. The molecule has 15 heavy (non-hydrogen) atoms. The molecule has 0 aliphatic carbocycles. The van der Waals surface area contributed by atoms with E-state index in [4.69, 9.17) is 0 Å². The largest absolute Gasteiger partial charge is 0.217 e. The number of allylic oxidation sites excluding steroid dienone is 2. The van der Waals surface area contributed by atoms with Crippen LogP contribution in [-0.4, -0.2) is 8.07 Å². The second-order valence-electron chi connectivity index (χ2n) is 4.53. The topological polar surface area (TPSA) is 0 Å². The van der Waals surface area contributed by atoms with Gasteiger partial charge in [0.1, 0.15) is 8.07 Å². The first-order chi connectivity index (χ1) is 7.00. The SMILES string of the molecule is C[Si](C)(C)/C(F)=C/C=C/c1ccccc1. The van der Waals surface area contributed by atoms with Crippen molar-refractivity contribution in [3.05, 3.63) is 53.5 Å². The van der Waals surface area contributed by atoms with Crippen molar-refractivity contribution in [2.75, 3.05) is 0 Å². The molecule has 0 aliphatic heterocycles. The molecule has 0 heterocycles. The monoisotopic (exact) mass is 220 g/mol. The van der Waals surface area contributed by atoms with E-state index in [1.165, 1.54) is 0 Å². The molecule has 0 aliphatic rings. The summed E-state index contributed by atoms with van der Waals surface area (Å²) in [6.45, 7) is 5.99. The van der Waals surface area contributed by atoms with Crippen LogP contribution in [0.25, 0.3) is 6.08 Å². The lowest BCUT2D eigenvalue weighted by molar-refractivity contribution is 0.682. The van der Waals surface area contributed by atoms with E-state index in [0.717, 1.165) is 5.56 Å². The third-order valence-electron chi connectivity index (χ3n) is 2.05. The molecule has 0 aromatic heterocycles. The first kappa shape index (κ1) is 11.9. The lowest BCUT2D eigenvalue weighted by Crippen LogP contribution is -2.20. The van der Waals surface area contributed by atoms with E-state index in [-0.39, 0.29) is 5.45 Å². The molecule has 2 heteroatoms. The Morgan fingerprint density at radius 2 is 1.73 bits per heavy atom. The van der Waals surface area contributed by atoms with Gasteiger partial charge in [0.15, 0.2) is 0 Å². The molecule has 80 valence electrons. The summed E-state index contributed by atoms with van der Waals surface area (Å²) in [5, 5.41) is 0. The van der Waals surface area contributed by atoms with Crippen LogP contribution in [0.15, 0.2) is 47.9 Å². The Balaban J connectivity index is 2.69. The number of hydrogen-bond donors (Lipinski definition) is 0. The van der Waals surface area contributed by atoms with Gasteiger partial charge in [-0.05, 0) is 11.6 Å². The van der Waals surface area contributed by atoms with E-state index >= 15 is 0 Å². The van der Waals surface area contributed by atoms with Gasteiger partial charge in [-0.25, -0.2) is 4.39 Å². The van der Waals surface area contributed by atoms with E-state index in [1.807, 2.05) is 56.0 Å². The van der Waals surface area contributed by atoms with Gasteiger partial charge >= 0.3 is 0 Å². The Kier molecular flexibility index (Phi) is 4.03. The highest BCUT2D eigenvalue weighted by Gasteiger charge is 2.18. The minimum absolute atomic E-state index is 0.0367. The van der Waals surface area contributed by atoms with Gasteiger partial charge in [-0.2, -0.15) is 0 Å². The summed E-state index contributed by atoms with van der Waals surface area (Å²) in [5.41, 5.74) is 1.13. The summed E-state index contributed by atoms with van der Waals surface area (Å²) in [7, 11) is -1.76. The summed E-state index contributed by atoms with van der Waals surface area (Å²) in [6, 6.07) is 9.90. The predicted molar refractivity (Wildman–Crippen MR) is 68.0 cm³/mol. The Morgan fingerprint density at radius 3 is 2.27 bits per heavy atom. The molecule has 0 amide bonds. The van der Waals surface area contributed by atoms with Crippen LogP contribution in [0.3, 0.4) is 0 Å². The predicted octanol–water partition coefficient (Wildman–Crippen LogP) is 4.43. The fourth-order valence-corrected chi connectivity index (χ4v) is 1.65. The molecule has 0 nitrogen and oxygen atoms in total. The average Bonchev–Trinajstić information content (AvgIpc) is 2.18. The third-order valence-corrected chi connectivity index (χ3v) is 3.65. The van der Waals surface area contributed by atoms with Gasteiger partial charge in [-0.1, -0.05) is 62.1 Å². The first-order valence-electron chi connectivity index (χ1n) is 5.09. The van der Waals surface area contributed by atoms with Crippen molar-refractivity contribution in [1.82, 2.24) is 0 Å². The van der Waals surface area contributed by atoms with Crippen LogP contribution >= 0.6 is 0 Å². The van der Waals surface area contributed by atoms with Crippen molar-refractivity contribution >= 4 is 14.1 Å². The molecule has 0 unspecified atom stereocenters. The van der Waals surface area contributed by atoms with Crippen LogP contribution < -0.4 is 0 Å². The number of benzene rings is 1. The average molecular weight is 220 g/mol. The molecular formula is C13H17FSi. The van der Waals surface area contributed by atoms with Crippen molar-refractivity contribution in [2.45, 2.75) is 19.6 Å². The van der Waals surface area contributed by atoms with Crippen molar-refractivity contribution in [2.24, 2.45) is 0 Å². The Bertz CT molecular complexity index is 358. The third kappa shape index (κ3) is 4.26. The van der Waals surface area contributed by atoms with Crippen LogP contribution in [-0.2, 0) is 0 Å². The summed E-state index contributed by atoms with van der Waals surface area (Å²) in [5.74, 6) is 0. The highest BCUT2D eigenvalue weighted by atomic mass is 28.3. The maximum atomic E-state index is 13.5. The van der Waals surface area contributed by atoms with E-state index in [2.05, 4.69) is 0 Å². The normalized spacial score (nSPS) is 13.5. The molecule has 0 spiro atoms. The van der Waals surface area contributed by atoms with Gasteiger partial charge in [0.05, 0.1) is 5.45 Å². The standard InChI is InChI=1S/C13H17FSi/c1-15(2,3)13(14)11-7-10-12-8-5-4-6-9-12/h4-11H,1-3H3/b10-7+,13-11+. The van der Waals surface area contributed by atoms with Crippen LogP contribution in [0.5, 0.6) is 0 Å². The van der Waals surface area contributed by atoms with Gasteiger partial charge in [-0.15, -0.1) is 0 Å². The summed E-state index contributed by atoms with van der Waals surface area (Å²) in [4.78, 5) is 0. The van der Waals surface area contributed by atoms with E-state index < -0.39 is 8.07 Å². The molecule has 0 saturated carbocycles. The molecule has 1 aromatic carbocycles. The zero-order valence-corrected chi connectivity index (χ0v) is 10.5. The number of hydrogen-bond acceptors (Lipinski definition) is 0. The Labute approximate surface area is 92.2 Å². The molecule has 0 N–H and O–H groups in total. The van der Waals surface area contributed by atoms with Crippen molar-refractivity contribution in [1.29, 1.82) is 0 Å². The maximum Gasteiger partial charge on any atom is 0.114 e. The van der Waals surface area contributed by atoms with Crippen LogP contribution in [0.1, 0.15) is 5.56 Å². The van der Waals surface area contributed by atoms with Gasteiger partial charge in [0.2, 0.25) is 0 Å². The molecule has 0 saturated heterocycles. The molecule has 0 bridgehead atoms. The van der Waals surface area contributed by atoms with Gasteiger partial charge in [-0.3, -0.25) is 0 Å². The van der Waals surface area contributed by atoms with Crippen LogP contribution in [0.2, 0.25) is 19.6 Å². The van der Waals surface area contributed by atoms with E-state index in [1.54, 1.807) is 12.2 Å². The van der Waals surface area contributed by atoms with Gasteiger partial charge < -0.3 is 0 Å². The van der Waals surface area contributed by atoms with Crippen molar-refractivity contribution in [3.63, 3.8) is 0 Å². The van der Waals surface area contributed by atoms with Gasteiger partial charge in [0, 0.05) is 0 Å². The Hall–Kier alpha value is -1.15. The highest BCUT2D eigenvalue weighted by molar-refractivity contribution is 6.82. The van der Waals surface area contributed by atoms with Gasteiger partial charge in [0.25, 0.3) is 0 Å². The zero-order valence-electron chi connectivity index (χ0n) is 9.50. The van der Waals surface area contributed by atoms with E-state index in [9.17, 15) is 4.39 Å². The maximum absolute atomic E-state index is 13.5. The first-order valence-corrected chi connectivity index (χ1v) is 8.59. The summed E-state index contributed by atoms with van der Waals surface area (Å²) < 4.78 is 13.5.